The van der Waals surface area contributed by atoms with E-state index in [0.717, 1.165) is 19.3 Å². The van der Waals surface area contributed by atoms with Gasteiger partial charge in [-0.05, 0) is 25.7 Å². The van der Waals surface area contributed by atoms with Crippen LogP contribution in [0.5, 0.6) is 0 Å². The molecule has 0 aromatic carbocycles. The number of ether oxygens (including phenoxy) is 1. The van der Waals surface area contributed by atoms with E-state index in [4.69, 9.17) is 15.6 Å². The Morgan fingerprint density at radius 2 is 2.21 bits per heavy atom. The molecule has 2 amide bonds. The molecule has 4 N–H and O–H groups in total. The molecule has 7 nitrogen and oxygen atoms in total. The summed E-state index contributed by atoms with van der Waals surface area (Å²) in [5.41, 5.74) is 5.92. The van der Waals surface area contributed by atoms with Crippen LogP contribution in [-0.4, -0.2) is 59.9 Å². The Balaban J connectivity index is 2.01. The molecule has 1 saturated heterocycles. The first-order valence-electron chi connectivity index (χ1n) is 6.61. The number of carbonyl (C=O) groups excluding carboxylic acids is 1. The number of methoxy groups -OCH3 is 1. The minimum atomic E-state index is -1.16. The van der Waals surface area contributed by atoms with Crippen molar-refractivity contribution in [2.45, 2.75) is 49.9 Å². The summed E-state index contributed by atoms with van der Waals surface area (Å²) in [5, 5.41) is 11.0. The zero-order valence-corrected chi connectivity index (χ0v) is 11.0. The third-order valence-electron chi connectivity index (χ3n) is 4.04. The number of carboxylic acid groups (broad SMARTS) is 1. The third kappa shape index (κ3) is 2.98. The summed E-state index contributed by atoms with van der Waals surface area (Å²) in [6.45, 7) is 0.573. The van der Waals surface area contributed by atoms with E-state index in [1.807, 2.05) is 0 Å². The van der Waals surface area contributed by atoms with Crippen molar-refractivity contribution in [1.82, 2.24) is 10.2 Å². The normalized spacial score (nSPS) is 35.5. The zero-order chi connectivity index (χ0) is 14.0. The molecule has 1 heterocycles. The van der Waals surface area contributed by atoms with E-state index in [-0.39, 0.29) is 24.1 Å². The molecular formula is C12H21N3O4. The van der Waals surface area contributed by atoms with Crippen molar-refractivity contribution in [1.29, 1.82) is 0 Å². The lowest BCUT2D eigenvalue weighted by atomic mass is 9.88. The Morgan fingerprint density at radius 3 is 2.84 bits per heavy atom. The molecular weight excluding hydrogens is 250 g/mol. The van der Waals surface area contributed by atoms with Gasteiger partial charge in [0, 0.05) is 19.7 Å². The van der Waals surface area contributed by atoms with Gasteiger partial charge >= 0.3 is 6.09 Å². The average molecular weight is 271 g/mol. The topological polar surface area (TPSA) is 105 Å². The Bertz CT molecular complexity index is 363. The molecule has 0 aromatic rings. The molecule has 19 heavy (non-hydrogen) atoms. The summed E-state index contributed by atoms with van der Waals surface area (Å²) in [7, 11) is 1.63. The first-order valence-corrected chi connectivity index (χ1v) is 6.61. The van der Waals surface area contributed by atoms with E-state index >= 15 is 0 Å². The van der Waals surface area contributed by atoms with Gasteiger partial charge in [0.25, 0.3) is 0 Å². The Labute approximate surface area is 112 Å². The van der Waals surface area contributed by atoms with E-state index in [1.54, 1.807) is 12.0 Å². The highest BCUT2D eigenvalue weighted by Crippen LogP contribution is 2.28. The molecule has 0 spiro atoms. The number of nitrogens with zero attached hydrogens (tertiary/aromatic N) is 1. The van der Waals surface area contributed by atoms with Gasteiger partial charge in [-0.3, -0.25) is 4.79 Å². The van der Waals surface area contributed by atoms with Crippen LogP contribution in [0.4, 0.5) is 4.79 Å². The predicted octanol–water partition coefficient (Wildman–Crippen LogP) is -0.250. The first-order chi connectivity index (χ1) is 9.02. The summed E-state index contributed by atoms with van der Waals surface area (Å²) in [4.78, 5) is 24.6. The highest BCUT2D eigenvalue weighted by atomic mass is 16.5. The van der Waals surface area contributed by atoms with Gasteiger partial charge in [0.2, 0.25) is 5.91 Å². The lowest BCUT2D eigenvalue weighted by Gasteiger charge is -2.39. The fourth-order valence-electron chi connectivity index (χ4n) is 3.07. The summed E-state index contributed by atoms with van der Waals surface area (Å²) < 4.78 is 5.44. The van der Waals surface area contributed by atoms with Crippen molar-refractivity contribution in [2.24, 2.45) is 5.73 Å². The highest BCUT2D eigenvalue weighted by molar-refractivity contribution is 5.87. The maximum absolute atomic E-state index is 12.2. The van der Waals surface area contributed by atoms with Gasteiger partial charge in [-0.15, -0.1) is 0 Å². The molecule has 0 aromatic heterocycles. The van der Waals surface area contributed by atoms with E-state index in [0.29, 0.717) is 13.0 Å². The molecule has 1 saturated carbocycles. The van der Waals surface area contributed by atoms with Gasteiger partial charge in [0.1, 0.15) is 6.04 Å². The largest absolute Gasteiger partial charge is 0.465 e. The minimum absolute atomic E-state index is 0.0119. The number of carbonyl (C=O) groups is 2. The Kier molecular flexibility index (Phi) is 4.26. The van der Waals surface area contributed by atoms with Crippen molar-refractivity contribution in [3.05, 3.63) is 0 Å². The van der Waals surface area contributed by atoms with Crippen LogP contribution in [-0.2, 0) is 9.53 Å². The van der Waals surface area contributed by atoms with Gasteiger partial charge in [0.15, 0.2) is 0 Å². The first kappa shape index (κ1) is 14.1. The van der Waals surface area contributed by atoms with Crippen molar-refractivity contribution in [3.8, 4) is 0 Å². The maximum atomic E-state index is 12.2. The Hall–Kier alpha value is -1.34. The van der Waals surface area contributed by atoms with Crippen LogP contribution >= 0.6 is 0 Å². The lowest BCUT2D eigenvalue weighted by Crippen LogP contribution is -2.52. The highest BCUT2D eigenvalue weighted by Gasteiger charge is 2.41. The van der Waals surface area contributed by atoms with Crippen LogP contribution < -0.4 is 11.1 Å². The summed E-state index contributed by atoms with van der Waals surface area (Å²) in [6.07, 6.45) is 1.72. The molecule has 2 aliphatic rings. The number of hydrogen-bond donors (Lipinski definition) is 3. The van der Waals surface area contributed by atoms with Crippen LogP contribution in [0.1, 0.15) is 25.7 Å². The summed E-state index contributed by atoms with van der Waals surface area (Å²) >= 11 is 0. The SMILES string of the molecule is CO[C@@H]1C[C@H](N)CC[C@@H]1N1CC[C@H](NC(=O)O)C1=O. The second-order valence-electron chi connectivity index (χ2n) is 5.24. The van der Waals surface area contributed by atoms with E-state index < -0.39 is 12.1 Å². The third-order valence-corrected chi connectivity index (χ3v) is 4.04. The zero-order valence-electron chi connectivity index (χ0n) is 11.0. The lowest BCUT2D eigenvalue weighted by molar-refractivity contribution is -0.135. The van der Waals surface area contributed by atoms with E-state index in [1.165, 1.54) is 0 Å². The van der Waals surface area contributed by atoms with E-state index in [2.05, 4.69) is 5.32 Å². The maximum Gasteiger partial charge on any atom is 0.405 e. The van der Waals surface area contributed by atoms with Crippen LogP contribution in [0.25, 0.3) is 0 Å². The van der Waals surface area contributed by atoms with Crippen molar-refractivity contribution >= 4 is 12.0 Å². The molecule has 7 heteroatoms. The van der Waals surface area contributed by atoms with Gasteiger partial charge in [-0.25, -0.2) is 4.79 Å². The van der Waals surface area contributed by atoms with Crippen LogP contribution in [0.3, 0.4) is 0 Å². The molecule has 0 unspecified atom stereocenters. The number of nitrogens with one attached hydrogen (secondary N) is 1. The van der Waals surface area contributed by atoms with Crippen molar-refractivity contribution in [2.75, 3.05) is 13.7 Å². The smallest absolute Gasteiger partial charge is 0.405 e. The van der Waals surface area contributed by atoms with Crippen molar-refractivity contribution in [3.63, 3.8) is 0 Å². The number of likely N-dealkylation sites (tertiary alicyclic amines) is 1. The molecule has 4 atom stereocenters. The number of hydrogen-bond acceptors (Lipinski definition) is 4. The number of nitrogens with two attached hydrogens (primary N) is 1. The summed E-state index contributed by atoms with van der Waals surface area (Å²) in [5.74, 6) is -0.148. The molecule has 0 radical (unpaired) electrons. The fourth-order valence-corrected chi connectivity index (χ4v) is 3.07. The second kappa shape index (κ2) is 5.75. The molecule has 1 aliphatic heterocycles. The molecule has 2 fully saturated rings. The van der Waals surface area contributed by atoms with Crippen LogP contribution in [0, 0.1) is 0 Å². The standard InChI is InChI=1S/C12H21N3O4/c1-19-10-6-7(13)2-3-9(10)15-5-4-8(11(15)16)14-12(17)18/h7-10,14H,2-6,13H2,1H3,(H,17,18)/t7-,8+,9+,10-/m1/s1. The Morgan fingerprint density at radius 1 is 1.47 bits per heavy atom. The minimum Gasteiger partial charge on any atom is -0.465 e. The fraction of sp³-hybridized carbons (Fsp3) is 0.833. The van der Waals surface area contributed by atoms with Gasteiger partial charge in [-0.1, -0.05) is 0 Å². The van der Waals surface area contributed by atoms with Gasteiger partial charge in [0.05, 0.1) is 12.1 Å². The van der Waals surface area contributed by atoms with Crippen molar-refractivity contribution < 1.29 is 19.4 Å². The van der Waals surface area contributed by atoms with Gasteiger partial charge < -0.3 is 25.8 Å². The quantitative estimate of drug-likeness (QED) is 0.656. The number of rotatable bonds is 3. The number of amides is 2. The molecule has 2 rings (SSSR count). The predicted molar refractivity (Wildman–Crippen MR) is 67.7 cm³/mol. The average Bonchev–Trinajstić information content (AvgIpc) is 2.70. The van der Waals surface area contributed by atoms with Crippen LogP contribution in [0.15, 0.2) is 0 Å². The summed E-state index contributed by atoms with van der Waals surface area (Å²) in [6, 6.07) is -0.490. The monoisotopic (exact) mass is 271 g/mol. The second-order valence-corrected chi connectivity index (χ2v) is 5.24. The molecule has 108 valence electrons. The molecule has 1 aliphatic carbocycles. The van der Waals surface area contributed by atoms with Gasteiger partial charge in [-0.2, -0.15) is 0 Å². The molecule has 0 bridgehead atoms. The van der Waals surface area contributed by atoms with Crippen LogP contribution in [0.2, 0.25) is 0 Å². The van der Waals surface area contributed by atoms with E-state index in [9.17, 15) is 9.59 Å².